The van der Waals surface area contributed by atoms with Crippen LogP contribution in [0.5, 0.6) is 0 Å². The standard InChI is InChI=1S/C12H21N3/c1-4-10(5-2)8-14-12-7-6-11(13)9(3)15-12/h6-7,10H,4-5,8,13H2,1-3H3,(H,14,15). The van der Waals surface area contributed by atoms with Gasteiger partial charge in [0, 0.05) is 6.54 Å². The van der Waals surface area contributed by atoms with E-state index in [2.05, 4.69) is 24.1 Å². The van der Waals surface area contributed by atoms with Crippen LogP contribution in [0, 0.1) is 12.8 Å². The summed E-state index contributed by atoms with van der Waals surface area (Å²) < 4.78 is 0. The first-order valence-electron chi connectivity index (χ1n) is 5.64. The fourth-order valence-electron chi connectivity index (χ4n) is 1.50. The summed E-state index contributed by atoms with van der Waals surface area (Å²) in [4.78, 5) is 4.38. The lowest BCUT2D eigenvalue weighted by Crippen LogP contribution is -2.13. The van der Waals surface area contributed by atoms with Crippen LogP contribution in [0.1, 0.15) is 32.4 Å². The molecule has 0 atom stereocenters. The number of nitrogens with one attached hydrogen (secondary N) is 1. The van der Waals surface area contributed by atoms with Crippen LogP contribution in [-0.4, -0.2) is 11.5 Å². The molecule has 1 aromatic heterocycles. The number of hydrogen-bond donors (Lipinski definition) is 2. The van der Waals surface area contributed by atoms with Crippen LogP contribution in [0.25, 0.3) is 0 Å². The Morgan fingerprint density at radius 1 is 1.33 bits per heavy atom. The number of nitrogens with zero attached hydrogens (tertiary/aromatic N) is 1. The molecule has 0 aromatic carbocycles. The van der Waals surface area contributed by atoms with Crippen LogP contribution in [0.3, 0.4) is 0 Å². The van der Waals surface area contributed by atoms with Gasteiger partial charge in [0.1, 0.15) is 5.82 Å². The maximum atomic E-state index is 5.71. The third-order valence-corrected chi connectivity index (χ3v) is 2.85. The Bertz CT molecular complexity index is 306. The average Bonchev–Trinajstić information content (AvgIpc) is 2.24. The highest BCUT2D eigenvalue weighted by atomic mass is 15.0. The van der Waals surface area contributed by atoms with Crippen LogP contribution < -0.4 is 11.1 Å². The lowest BCUT2D eigenvalue weighted by atomic mass is 10.0. The molecule has 0 fully saturated rings. The molecule has 1 aromatic rings. The molecule has 0 aliphatic carbocycles. The van der Waals surface area contributed by atoms with Gasteiger partial charge in [0.05, 0.1) is 11.4 Å². The number of rotatable bonds is 5. The molecule has 3 heteroatoms. The number of aromatic nitrogens is 1. The fraction of sp³-hybridized carbons (Fsp3) is 0.583. The molecule has 0 bridgehead atoms. The van der Waals surface area contributed by atoms with Gasteiger partial charge < -0.3 is 11.1 Å². The van der Waals surface area contributed by atoms with Crippen molar-refractivity contribution in [1.29, 1.82) is 0 Å². The minimum atomic E-state index is 0.727. The molecular weight excluding hydrogens is 186 g/mol. The summed E-state index contributed by atoms with van der Waals surface area (Å²) in [6.45, 7) is 7.36. The van der Waals surface area contributed by atoms with Crippen molar-refractivity contribution in [2.45, 2.75) is 33.6 Å². The first kappa shape index (κ1) is 11.8. The predicted molar refractivity (Wildman–Crippen MR) is 65.9 cm³/mol. The van der Waals surface area contributed by atoms with Crippen molar-refractivity contribution >= 4 is 11.5 Å². The maximum absolute atomic E-state index is 5.71. The number of anilines is 2. The zero-order valence-electron chi connectivity index (χ0n) is 9.88. The number of nitrogens with two attached hydrogens (primary N) is 1. The Kier molecular flexibility index (Phi) is 4.40. The minimum Gasteiger partial charge on any atom is -0.397 e. The predicted octanol–water partition coefficient (Wildman–Crippen LogP) is 2.82. The van der Waals surface area contributed by atoms with E-state index in [4.69, 9.17) is 5.73 Å². The number of hydrogen-bond acceptors (Lipinski definition) is 3. The second-order valence-electron chi connectivity index (χ2n) is 3.93. The van der Waals surface area contributed by atoms with E-state index in [1.807, 2.05) is 19.1 Å². The van der Waals surface area contributed by atoms with E-state index in [1.165, 1.54) is 12.8 Å². The van der Waals surface area contributed by atoms with Crippen LogP contribution in [0.4, 0.5) is 11.5 Å². The van der Waals surface area contributed by atoms with E-state index in [0.717, 1.165) is 29.7 Å². The van der Waals surface area contributed by atoms with Crippen LogP contribution in [0.15, 0.2) is 12.1 Å². The Morgan fingerprint density at radius 2 is 2.00 bits per heavy atom. The Morgan fingerprint density at radius 3 is 2.53 bits per heavy atom. The quantitative estimate of drug-likeness (QED) is 0.780. The second-order valence-corrected chi connectivity index (χ2v) is 3.93. The van der Waals surface area contributed by atoms with Gasteiger partial charge in [0.25, 0.3) is 0 Å². The van der Waals surface area contributed by atoms with Crippen molar-refractivity contribution in [1.82, 2.24) is 4.98 Å². The van der Waals surface area contributed by atoms with Crippen molar-refractivity contribution in [3.8, 4) is 0 Å². The van der Waals surface area contributed by atoms with Gasteiger partial charge >= 0.3 is 0 Å². The number of nitrogen functional groups attached to an aromatic ring is 1. The molecule has 1 rings (SSSR count). The molecule has 0 aliphatic rings. The monoisotopic (exact) mass is 207 g/mol. The van der Waals surface area contributed by atoms with E-state index in [9.17, 15) is 0 Å². The molecule has 3 N–H and O–H groups in total. The van der Waals surface area contributed by atoms with Crippen molar-refractivity contribution in [3.05, 3.63) is 17.8 Å². The summed E-state index contributed by atoms with van der Waals surface area (Å²) in [5.41, 5.74) is 7.35. The van der Waals surface area contributed by atoms with Gasteiger partial charge in [-0.3, -0.25) is 0 Å². The van der Waals surface area contributed by atoms with Gasteiger partial charge in [0.2, 0.25) is 0 Å². The van der Waals surface area contributed by atoms with E-state index < -0.39 is 0 Å². The zero-order chi connectivity index (χ0) is 11.3. The SMILES string of the molecule is CCC(CC)CNc1ccc(N)c(C)n1. The third kappa shape index (κ3) is 3.42. The molecular formula is C12H21N3. The summed E-state index contributed by atoms with van der Waals surface area (Å²) >= 11 is 0. The lowest BCUT2D eigenvalue weighted by Gasteiger charge is -2.14. The third-order valence-electron chi connectivity index (χ3n) is 2.85. The number of pyridine rings is 1. The highest BCUT2D eigenvalue weighted by molar-refractivity contribution is 5.48. The fourth-order valence-corrected chi connectivity index (χ4v) is 1.50. The van der Waals surface area contributed by atoms with Crippen LogP contribution >= 0.6 is 0 Å². The topological polar surface area (TPSA) is 50.9 Å². The molecule has 0 saturated heterocycles. The first-order valence-corrected chi connectivity index (χ1v) is 5.64. The summed E-state index contributed by atoms with van der Waals surface area (Å²) in [6, 6.07) is 3.84. The van der Waals surface area contributed by atoms with Gasteiger partial charge in [0.15, 0.2) is 0 Å². The Balaban J connectivity index is 2.54. The first-order chi connectivity index (χ1) is 7.17. The molecule has 84 valence electrons. The highest BCUT2D eigenvalue weighted by Crippen LogP contribution is 2.13. The van der Waals surface area contributed by atoms with Crippen LogP contribution in [0.2, 0.25) is 0 Å². The van der Waals surface area contributed by atoms with E-state index in [1.54, 1.807) is 0 Å². The minimum absolute atomic E-state index is 0.727. The van der Waals surface area contributed by atoms with E-state index in [-0.39, 0.29) is 0 Å². The number of aryl methyl sites for hydroxylation is 1. The molecule has 15 heavy (non-hydrogen) atoms. The maximum Gasteiger partial charge on any atom is 0.126 e. The highest BCUT2D eigenvalue weighted by Gasteiger charge is 2.03. The van der Waals surface area contributed by atoms with E-state index in [0.29, 0.717) is 0 Å². The Labute approximate surface area is 92.1 Å². The molecule has 0 radical (unpaired) electrons. The second kappa shape index (κ2) is 5.59. The van der Waals surface area contributed by atoms with Crippen molar-refractivity contribution in [2.24, 2.45) is 5.92 Å². The summed E-state index contributed by atoms with van der Waals surface area (Å²) in [7, 11) is 0. The zero-order valence-corrected chi connectivity index (χ0v) is 9.88. The van der Waals surface area contributed by atoms with Crippen LogP contribution in [-0.2, 0) is 0 Å². The molecule has 0 saturated carbocycles. The van der Waals surface area contributed by atoms with E-state index >= 15 is 0 Å². The molecule has 0 spiro atoms. The molecule has 1 heterocycles. The van der Waals surface area contributed by atoms with Crippen molar-refractivity contribution < 1.29 is 0 Å². The Hall–Kier alpha value is -1.25. The largest absolute Gasteiger partial charge is 0.397 e. The van der Waals surface area contributed by atoms with Gasteiger partial charge in [-0.05, 0) is 25.0 Å². The summed E-state index contributed by atoms with van der Waals surface area (Å²) in [5.74, 6) is 1.65. The summed E-state index contributed by atoms with van der Waals surface area (Å²) in [6.07, 6.45) is 2.41. The average molecular weight is 207 g/mol. The molecule has 0 amide bonds. The molecule has 0 unspecified atom stereocenters. The van der Waals surface area contributed by atoms with Crippen molar-refractivity contribution in [2.75, 3.05) is 17.6 Å². The van der Waals surface area contributed by atoms with Gasteiger partial charge in [-0.25, -0.2) is 4.98 Å². The summed E-state index contributed by atoms with van der Waals surface area (Å²) in [5, 5.41) is 3.35. The van der Waals surface area contributed by atoms with Crippen molar-refractivity contribution in [3.63, 3.8) is 0 Å². The van der Waals surface area contributed by atoms with Gasteiger partial charge in [-0.2, -0.15) is 0 Å². The van der Waals surface area contributed by atoms with Gasteiger partial charge in [-0.15, -0.1) is 0 Å². The lowest BCUT2D eigenvalue weighted by molar-refractivity contribution is 0.518. The molecule has 0 aliphatic heterocycles. The van der Waals surface area contributed by atoms with Gasteiger partial charge in [-0.1, -0.05) is 26.7 Å². The normalized spacial score (nSPS) is 10.7. The smallest absolute Gasteiger partial charge is 0.126 e. The molecule has 3 nitrogen and oxygen atoms in total.